The number of nitrogens with zero attached hydrogens (tertiary/aromatic N) is 3. The van der Waals surface area contributed by atoms with Gasteiger partial charge in [-0.25, -0.2) is 0 Å². The number of hydrogen-bond acceptors (Lipinski definition) is 7. The number of rotatable bonds is 5. The van der Waals surface area contributed by atoms with Crippen LogP contribution in [0.3, 0.4) is 0 Å². The summed E-state index contributed by atoms with van der Waals surface area (Å²) in [6.07, 6.45) is 0. The Morgan fingerprint density at radius 1 is 1.27 bits per heavy atom. The second-order valence-corrected chi connectivity index (χ2v) is 6.70. The normalized spacial score (nSPS) is 14.2. The Labute approximate surface area is 154 Å². The van der Waals surface area contributed by atoms with E-state index < -0.39 is 0 Å². The molecule has 4 rings (SSSR count). The number of carbonyl (C=O) groups excluding carboxylic acids is 1. The van der Waals surface area contributed by atoms with Crippen LogP contribution in [0.1, 0.15) is 22.2 Å². The van der Waals surface area contributed by atoms with Crippen LogP contribution in [-0.4, -0.2) is 48.3 Å². The summed E-state index contributed by atoms with van der Waals surface area (Å²) in [6, 6.07) is 7.22. The maximum Gasteiger partial charge on any atom is 0.257 e. The van der Waals surface area contributed by atoms with Crippen molar-refractivity contribution in [3.8, 4) is 22.9 Å². The molecule has 0 unspecified atom stereocenters. The summed E-state index contributed by atoms with van der Waals surface area (Å²) in [5.41, 5.74) is 1.42. The van der Waals surface area contributed by atoms with E-state index in [-0.39, 0.29) is 11.8 Å². The van der Waals surface area contributed by atoms with E-state index in [9.17, 15) is 4.79 Å². The third-order valence-corrected chi connectivity index (χ3v) is 5.06. The van der Waals surface area contributed by atoms with Crippen molar-refractivity contribution in [2.45, 2.75) is 5.92 Å². The average molecular weight is 371 g/mol. The highest BCUT2D eigenvalue weighted by atomic mass is 32.1. The standard InChI is InChI=1S/C18H17N3O4S/c1-23-14-5-3-4-13(15(14)24-2)18(22)21-8-12(9-21)17-19-16(20-25-17)11-6-7-26-10-11/h3-7,10,12H,8-9H2,1-2H3. The van der Waals surface area contributed by atoms with Crippen molar-refractivity contribution in [1.29, 1.82) is 0 Å². The molecule has 0 radical (unpaired) electrons. The molecule has 2 aromatic heterocycles. The van der Waals surface area contributed by atoms with Crippen molar-refractivity contribution in [2.75, 3.05) is 27.3 Å². The van der Waals surface area contributed by atoms with Gasteiger partial charge in [0.05, 0.1) is 25.7 Å². The fourth-order valence-electron chi connectivity index (χ4n) is 2.94. The maximum absolute atomic E-state index is 12.8. The number of aromatic nitrogens is 2. The number of para-hydroxylation sites is 1. The first kappa shape index (κ1) is 16.6. The van der Waals surface area contributed by atoms with Crippen molar-refractivity contribution in [3.05, 3.63) is 46.5 Å². The minimum atomic E-state index is -0.102. The molecule has 0 spiro atoms. The molecule has 8 heteroatoms. The van der Waals surface area contributed by atoms with Crippen LogP contribution in [0.2, 0.25) is 0 Å². The van der Waals surface area contributed by atoms with Gasteiger partial charge >= 0.3 is 0 Å². The summed E-state index contributed by atoms with van der Waals surface area (Å²) < 4.78 is 16.0. The monoisotopic (exact) mass is 371 g/mol. The molecule has 26 heavy (non-hydrogen) atoms. The first-order chi connectivity index (χ1) is 12.7. The summed E-state index contributed by atoms with van der Waals surface area (Å²) in [6.45, 7) is 1.06. The van der Waals surface area contributed by atoms with Gasteiger partial charge in [-0.05, 0) is 23.6 Å². The summed E-state index contributed by atoms with van der Waals surface area (Å²) >= 11 is 1.58. The highest BCUT2D eigenvalue weighted by Gasteiger charge is 2.37. The van der Waals surface area contributed by atoms with Gasteiger partial charge in [0, 0.05) is 24.0 Å². The predicted octanol–water partition coefficient (Wildman–Crippen LogP) is 3.05. The molecule has 0 N–H and O–H groups in total. The molecule has 7 nitrogen and oxygen atoms in total. The minimum Gasteiger partial charge on any atom is -0.493 e. The van der Waals surface area contributed by atoms with Crippen LogP contribution in [0.4, 0.5) is 0 Å². The Kier molecular flexibility index (Phi) is 4.34. The van der Waals surface area contributed by atoms with E-state index in [0.717, 1.165) is 5.56 Å². The second-order valence-electron chi connectivity index (χ2n) is 5.92. The molecule has 0 bridgehead atoms. The van der Waals surface area contributed by atoms with Gasteiger partial charge in [-0.1, -0.05) is 11.2 Å². The fraction of sp³-hybridized carbons (Fsp3) is 0.278. The van der Waals surface area contributed by atoms with Gasteiger partial charge < -0.3 is 18.9 Å². The Morgan fingerprint density at radius 2 is 2.12 bits per heavy atom. The van der Waals surface area contributed by atoms with Crippen molar-refractivity contribution in [3.63, 3.8) is 0 Å². The lowest BCUT2D eigenvalue weighted by atomic mass is 9.98. The van der Waals surface area contributed by atoms with Crippen molar-refractivity contribution >= 4 is 17.2 Å². The molecular weight excluding hydrogens is 354 g/mol. The third-order valence-electron chi connectivity index (χ3n) is 4.37. The van der Waals surface area contributed by atoms with E-state index in [0.29, 0.717) is 41.9 Å². The first-order valence-electron chi connectivity index (χ1n) is 8.07. The molecule has 0 saturated carbocycles. The van der Waals surface area contributed by atoms with Gasteiger partial charge in [0.2, 0.25) is 11.7 Å². The fourth-order valence-corrected chi connectivity index (χ4v) is 3.57. The van der Waals surface area contributed by atoms with E-state index in [1.54, 1.807) is 41.5 Å². The van der Waals surface area contributed by atoms with Crippen molar-refractivity contribution in [1.82, 2.24) is 15.0 Å². The number of amides is 1. The lowest BCUT2D eigenvalue weighted by molar-refractivity contribution is 0.0565. The van der Waals surface area contributed by atoms with Crippen molar-refractivity contribution < 1.29 is 18.8 Å². The molecular formula is C18H17N3O4S. The van der Waals surface area contributed by atoms with Crippen LogP contribution < -0.4 is 9.47 Å². The largest absolute Gasteiger partial charge is 0.493 e. The molecule has 1 aliphatic rings. The summed E-state index contributed by atoms with van der Waals surface area (Å²) in [5.74, 6) is 2.08. The number of ether oxygens (including phenoxy) is 2. The lowest BCUT2D eigenvalue weighted by Gasteiger charge is -2.37. The Morgan fingerprint density at radius 3 is 2.81 bits per heavy atom. The molecule has 1 saturated heterocycles. The average Bonchev–Trinajstić information content (AvgIpc) is 3.31. The zero-order chi connectivity index (χ0) is 18.1. The summed E-state index contributed by atoms with van der Waals surface area (Å²) in [7, 11) is 3.07. The van der Waals surface area contributed by atoms with E-state index in [2.05, 4.69) is 10.1 Å². The quantitative estimate of drug-likeness (QED) is 0.686. The molecule has 1 aliphatic heterocycles. The first-order valence-corrected chi connectivity index (χ1v) is 9.02. The zero-order valence-electron chi connectivity index (χ0n) is 14.3. The number of benzene rings is 1. The van der Waals surface area contributed by atoms with E-state index in [1.165, 1.54) is 7.11 Å². The van der Waals surface area contributed by atoms with Gasteiger partial charge in [-0.15, -0.1) is 0 Å². The molecule has 3 aromatic rings. The highest BCUT2D eigenvalue weighted by Crippen LogP contribution is 2.34. The Hall–Kier alpha value is -2.87. The predicted molar refractivity (Wildman–Crippen MR) is 95.8 cm³/mol. The number of carbonyl (C=O) groups is 1. The molecule has 3 heterocycles. The lowest BCUT2D eigenvalue weighted by Crippen LogP contribution is -2.48. The Balaban J connectivity index is 1.46. The maximum atomic E-state index is 12.8. The smallest absolute Gasteiger partial charge is 0.257 e. The van der Waals surface area contributed by atoms with Gasteiger partial charge in [-0.2, -0.15) is 16.3 Å². The minimum absolute atomic E-state index is 0.0513. The van der Waals surface area contributed by atoms with Crippen LogP contribution in [-0.2, 0) is 0 Å². The van der Waals surface area contributed by atoms with Crippen molar-refractivity contribution in [2.24, 2.45) is 0 Å². The van der Waals surface area contributed by atoms with Gasteiger partial charge in [-0.3, -0.25) is 4.79 Å². The highest BCUT2D eigenvalue weighted by molar-refractivity contribution is 7.08. The third kappa shape index (κ3) is 2.82. The molecule has 0 atom stereocenters. The van der Waals surface area contributed by atoms with Crippen LogP contribution in [0.15, 0.2) is 39.5 Å². The molecule has 134 valence electrons. The van der Waals surface area contributed by atoms with Crippen LogP contribution >= 0.6 is 11.3 Å². The van der Waals surface area contributed by atoms with E-state index in [4.69, 9.17) is 14.0 Å². The number of methoxy groups -OCH3 is 2. The van der Waals surface area contributed by atoms with Gasteiger partial charge in [0.25, 0.3) is 5.91 Å². The van der Waals surface area contributed by atoms with Crippen LogP contribution in [0.5, 0.6) is 11.5 Å². The number of hydrogen-bond donors (Lipinski definition) is 0. The summed E-state index contributed by atoms with van der Waals surface area (Å²) in [4.78, 5) is 18.9. The summed E-state index contributed by atoms with van der Waals surface area (Å²) in [5, 5.41) is 7.96. The number of likely N-dealkylation sites (tertiary alicyclic amines) is 1. The molecule has 0 aliphatic carbocycles. The molecule has 1 aromatic carbocycles. The van der Waals surface area contributed by atoms with Gasteiger partial charge in [0.1, 0.15) is 0 Å². The molecule has 1 amide bonds. The SMILES string of the molecule is COc1cccc(C(=O)N2CC(c3nc(-c4ccsc4)no3)C2)c1OC. The molecule has 1 fully saturated rings. The number of thiophene rings is 1. The Bertz CT molecular complexity index is 916. The van der Waals surface area contributed by atoms with Gasteiger partial charge in [0.15, 0.2) is 11.5 Å². The van der Waals surface area contributed by atoms with E-state index in [1.807, 2.05) is 16.8 Å². The van der Waals surface area contributed by atoms with E-state index >= 15 is 0 Å². The van der Waals surface area contributed by atoms with Crippen LogP contribution in [0, 0.1) is 0 Å². The second kappa shape index (κ2) is 6.80. The topological polar surface area (TPSA) is 77.7 Å². The van der Waals surface area contributed by atoms with Crippen LogP contribution in [0.25, 0.3) is 11.4 Å². The zero-order valence-corrected chi connectivity index (χ0v) is 15.2.